The number of para-hydroxylation sites is 1. The molecule has 6 heteroatoms. The van der Waals surface area contributed by atoms with Crippen molar-refractivity contribution in [2.75, 3.05) is 11.9 Å². The smallest absolute Gasteiger partial charge is 0.319 e. The molecule has 0 radical (unpaired) electrons. The van der Waals surface area contributed by atoms with Gasteiger partial charge in [-0.15, -0.1) is 0 Å². The summed E-state index contributed by atoms with van der Waals surface area (Å²) in [5, 5.41) is 14.0. The first-order valence-corrected chi connectivity index (χ1v) is 6.79. The van der Waals surface area contributed by atoms with E-state index in [2.05, 4.69) is 26.6 Å². The minimum atomic E-state index is -0.815. The van der Waals surface area contributed by atoms with E-state index >= 15 is 0 Å². The molecule has 3 N–H and O–H groups in total. The molecular formula is C13H17BrN2O3. The molecule has 0 saturated heterocycles. The Labute approximate surface area is 120 Å². The van der Waals surface area contributed by atoms with Gasteiger partial charge in [-0.2, -0.15) is 0 Å². The number of hydrogen-bond donors (Lipinski definition) is 3. The van der Waals surface area contributed by atoms with Gasteiger partial charge in [0.05, 0.1) is 5.69 Å². The summed E-state index contributed by atoms with van der Waals surface area (Å²) in [7, 11) is 0. The summed E-state index contributed by atoms with van der Waals surface area (Å²) in [5.74, 6) is -0.689. The number of carboxylic acid groups (broad SMARTS) is 1. The Hall–Kier alpha value is -1.56. The predicted octanol–water partition coefficient (Wildman–Crippen LogP) is 3.07. The van der Waals surface area contributed by atoms with Gasteiger partial charge in [-0.05, 0) is 40.4 Å². The molecule has 1 aromatic rings. The van der Waals surface area contributed by atoms with E-state index in [-0.39, 0.29) is 18.4 Å². The number of aliphatic carboxylic acids is 1. The highest BCUT2D eigenvalue weighted by Gasteiger charge is 2.08. The van der Waals surface area contributed by atoms with Crippen LogP contribution in [0.3, 0.4) is 0 Å². The number of urea groups is 1. The zero-order valence-corrected chi connectivity index (χ0v) is 12.2. The van der Waals surface area contributed by atoms with E-state index in [1.54, 1.807) is 6.07 Å². The van der Waals surface area contributed by atoms with Crippen LogP contribution in [-0.2, 0) is 4.79 Å². The van der Waals surface area contributed by atoms with E-state index in [4.69, 9.17) is 5.11 Å². The summed E-state index contributed by atoms with van der Waals surface area (Å²) in [5.41, 5.74) is 0.693. The highest BCUT2D eigenvalue weighted by molar-refractivity contribution is 9.10. The fourth-order valence-corrected chi connectivity index (χ4v) is 1.85. The molecule has 0 aliphatic rings. The van der Waals surface area contributed by atoms with Crippen molar-refractivity contribution in [2.45, 2.75) is 19.8 Å². The molecule has 0 aliphatic heterocycles. The first-order chi connectivity index (χ1) is 8.99. The van der Waals surface area contributed by atoms with Crippen LogP contribution < -0.4 is 10.6 Å². The molecule has 0 spiro atoms. The third-order valence-electron chi connectivity index (χ3n) is 2.58. The maximum Gasteiger partial charge on any atom is 0.319 e. The van der Waals surface area contributed by atoms with Gasteiger partial charge < -0.3 is 15.7 Å². The maximum atomic E-state index is 11.6. The van der Waals surface area contributed by atoms with E-state index < -0.39 is 5.97 Å². The first-order valence-electron chi connectivity index (χ1n) is 6.00. The summed E-state index contributed by atoms with van der Waals surface area (Å²) in [4.78, 5) is 22.1. The molecule has 5 nitrogen and oxygen atoms in total. The minimum Gasteiger partial charge on any atom is -0.481 e. The second kappa shape index (κ2) is 7.78. The van der Waals surface area contributed by atoms with Gasteiger partial charge in [-0.1, -0.05) is 19.1 Å². The number of hydrogen-bond acceptors (Lipinski definition) is 2. The minimum absolute atomic E-state index is 0.120. The Balaban J connectivity index is 2.32. The van der Waals surface area contributed by atoms with Crippen molar-refractivity contribution in [3.63, 3.8) is 0 Å². The fourth-order valence-electron chi connectivity index (χ4n) is 1.47. The molecule has 0 aromatic heterocycles. The lowest BCUT2D eigenvalue weighted by Gasteiger charge is -2.13. The van der Waals surface area contributed by atoms with Crippen LogP contribution in [0.5, 0.6) is 0 Å². The molecule has 1 atom stereocenters. The highest BCUT2D eigenvalue weighted by Crippen LogP contribution is 2.20. The van der Waals surface area contributed by atoms with Crippen molar-refractivity contribution in [1.29, 1.82) is 0 Å². The van der Waals surface area contributed by atoms with Gasteiger partial charge in [-0.25, -0.2) is 4.79 Å². The normalized spacial score (nSPS) is 11.7. The number of rotatable bonds is 6. The van der Waals surface area contributed by atoms with Crippen LogP contribution in [0, 0.1) is 5.92 Å². The monoisotopic (exact) mass is 328 g/mol. The number of carboxylic acids is 1. The standard InChI is InChI=1S/C13H17BrN2O3/c1-9(6-7-12(17)18)8-15-13(19)16-11-5-3-2-4-10(11)14/h2-5,9H,6-8H2,1H3,(H,17,18)(H2,15,16,19). The van der Waals surface area contributed by atoms with Crippen LogP contribution in [0.2, 0.25) is 0 Å². The number of benzene rings is 1. The van der Waals surface area contributed by atoms with Crippen LogP contribution in [-0.4, -0.2) is 23.7 Å². The molecule has 0 heterocycles. The zero-order valence-electron chi connectivity index (χ0n) is 10.6. The Morgan fingerprint density at radius 2 is 2.05 bits per heavy atom. The van der Waals surface area contributed by atoms with E-state index in [0.29, 0.717) is 18.7 Å². The molecule has 19 heavy (non-hydrogen) atoms. The molecule has 1 rings (SSSR count). The molecule has 0 aliphatic carbocycles. The van der Waals surface area contributed by atoms with Crippen molar-refractivity contribution < 1.29 is 14.7 Å². The highest BCUT2D eigenvalue weighted by atomic mass is 79.9. The number of nitrogens with one attached hydrogen (secondary N) is 2. The van der Waals surface area contributed by atoms with Crippen LogP contribution in [0.25, 0.3) is 0 Å². The predicted molar refractivity (Wildman–Crippen MR) is 77.2 cm³/mol. The summed E-state index contributed by atoms with van der Waals surface area (Å²) in [6, 6.07) is 7.02. The van der Waals surface area contributed by atoms with Gasteiger partial charge in [0.25, 0.3) is 0 Å². The maximum absolute atomic E-state index is 11.6. The summed E-state index contributed by atoms with van der Waals surface area (Å²) < 4.78 is 0.809. The molecular weight excluding hydrogens is 312 g/mol. The van der Waals surface area contributed by atoms with Gasteiger partial charge in [0.15, 0.2) is 0 Å². The number of carbonyl (C=O) groups excluding carboxylic acids is 1. The molecule has 2 amide bonds. The summed E-state index contributed by atoms with van der Waals surface area (Å²) >= 11 is 3.34. The Morgan fingerprint density at radius 1 is 1.37 bits per heavy atom. The van der Waals surface area contributed by atoms with Crippen LogP contribution in [0.1, 0.15) is 19.8 Å². The molecule has 0 saturated carbocycles. The fraction of sp³-hybridized carbons (Fsp3) is 0.385. The Morgan fingerprint density at radius 3 is 2.68 bits per heavy atom. The third kappa shape index (κ3) is 6.24. The van der Waals surface area contributed by atoms with Crippen LogP contribution >= 0.6 is 15.9 Å². The molecule has 1 unspecified atom stereocenters. The van der Waals surface area contributed by atoms with Crippen molar-refractivity contribution in [3.8, 4) is 0 Å². The number of anilines is 1. The molecule has 1 aromatic carbocycles. The van der Waals surface area contributed by atoms with Crippen LogP contribution in [0.15, 0.2) is 28.7 Å². The van der Waals surface area contributed by atoms with E-state index in [1.807, 2.05) is 25.1 Å². The van der Waals surface area contributed by atoms with Crippen molar-refractivity contribution in [3.05, 3.63) is 28.7 Å². The van der Waals surface area contributed by atoms with Gasteiger partial charge in [0.2, 0.25) is 0 Å². The third-order valence-corrected chi connectivity index (χ3v) is 3.28. The lowest BCUT2D eigenvalue weighted by Crippen LogP contribution is -2.32. The van der Waals surface area contributed by atoms with Crippen molar-refractivity contribution >= 4 is 33.6 Å². The van der Waals surface area contributed by atoms with Gasteiger partial charge in [0.1, 0.15) is 0 Å². The topological polar surface area (TPSA) is 78.4 Å². The van der Waals surface area contributed by atoms with Crippen molar-refractivity contribution in [1.82, 2.24) is 5.32 Å². The second-order valence-electron chi connectivity index (χ2n) is 4.35. The number of halogens is 1. The molecule has 0 bridgehead atoms. The Kier molecular flexibility index (Phi) is 6.35. The summed E-state index contributed by atoms with van der Waals surface area (Å²) in [6.07, 6.45) is 0.666. The quantitative estimate of drug-likeness (QED) is 0.750. The van der Waals surface area contributed by atoms with E-state index in [9.17, 15) is 9.59 Å². The Bertz CT molecular complexity index is 451. The number of amides is 2. The zero-order chi connectivity index (χ0) is 14.3. The van der Waals surface area contributed by atoms with Gasteiger partial charge >= 0.3 is 12.0 Å². The second-order valence-corrected chi connectivity index (χ2v) is 5.21. The number of carbonyl (C=O) groups is 2. The van der Waals surface area contributed by atoms with Crippen molar-refractivity contribution in [2.24, 2.45) is 5.92 Å². The molecule has 104 valence electrons. The van der Waals surface area contributed by atoms with Crippen LogP contribution in [0.4, 0.5) is 10.5 Å². The van der Waals surface area contributed by atoms with Gasteiger partial charge in [-0.3, -0.25) is 4.79 Å². The molecule has 0 fully saturated rings. The summed E-state index contributed by atoms with van der Waals surface area (Å²) in [6.45, 7) is 2.35. The van der Waals surface area contributed by atoms with Gasteiger partial charge in [0, 0.05) is 17.4 Å². The average molecular weight is 329 g/mol. The van der Waals surface area contributed by atoms with E-state index in [0.717, 1.165) is 4.47 Å². The lowest BCUT2D eigenvalue weighted by molar-refractivity contribution is -0.137. The SMILES string of the molecule is CC(CCC(=O)O)CNC(=O)Nc1ccccc1Br. The lowest BCUT2D eigenvalue weighted by atomic mass is 10.1. The van der Waals surface area contributed by atoms with E-state index in [1.165, 1.54) is 0 Å². The first kappa shape index (κ1) is 15.5. The largest absolute Gasteiger partial charge is 0.481 e. The average Bonchev–Trinajstić information content (AvgIpc) is 2.36.